The third kappa shape index (κ3) is 7.18. The standard InChI is InChI=1S/C25H41N.C4H4O4/c1-18(2)20-10-12-22-21(17-20)11-13-23-24(4,14-7-6-9-19(3)26)15-8-16-25(22,23)5;5-3(6)1-2-4(7)8/h10,12,17-19,23H,6-9,11,13-16,26H2,1-5H3;1-2H,(H,5,6)(H,7,8)/b;2-1+/t19?,23?,24-,25+;/m0./s1. The monoisotopic (exact) mass is 471 g/mol. The molecule has 0 heterocycles. The Bertz CT molecular complexity index is 859. The van der Waals surface area contributed by atoms with Gasteiger partial charge in [0.25, 0.3) is 0 Å². The molecule has 4 N–H and O–H groups in total. The second-order valence-corrected chi connectivity index (χ2v) is 11.3. The number of carbonyl (C=O) groups is 2. The fourth-order valence-electron chi connectivity index (χ4n) is 6.44. The Labute approximate surface area is 205 Å². The SMILES string of the molecule is CC(N)CCCC[C@@]1(C)CCC[C@]2(C)c3ccc(C(C)C)cc3CCC12.O=C(O)/C=C/C(=O)O. The molecule has 0 spiro atoms. The van der Waals surface area contributed by atoms with E-state index in [1.165, 1.54) is 63.4 Å². The van der Waals surface area contributed by atoms with Gasteiger partial charge in [-0.2, -0.15) is 0 Å². The van der Waals surface area contributed by atoms with Crippen molar-refractivity contribution in [3.63, 3.8) is 0 Å². The number of hydrogen-bond acceptors (Lipinski definition) is 3. The number of aliphatic carboxylic acids is 2. The van der Waals surface area contributed by atoms with Crippen molar-refractivity contribution in [2.75, 3.05) is 0 Å². The minimum Gasteiger partial charge on any atom is -0.478 e. The third-order valence-corrected chi connectivity index (χ3v) is 8.19. The second kappa shape index (κ2) is 12.0. The maximum Gasteiger partial charge on any atom is 0.328 e. The fourth-order valence-corrected chi connectivity index (χ4v) is 6.44. The van der Waals surface area contributed by atoms with Crippen molar-refractivity contribution < 1.29 is 19.8 Å². The van der Waals surface area contributed by atoms with Gasteiger partial charge in [0.2, 0.25) is 0 Å². The van der Waals surface area contributed by atoms with E-state index in [1.807, 2.05) is 0 Å². The zero-order chi connectivity index (χ0) is 25.5. The van der Waals surface area contributed by atoms with Gasteiger partial charge in [0.1, 0.15) is 0 Å². The summed E-state index contributed by atoms with van der Waals surface area (Å²) in [5.41, 5.74) is 11.7. The van der Waals surface area contributed by atoms with Gasteiger partial charge < -0.3 is 15.9 Å². The van der Waals surface area contributed by atoms with Crippen LogP contribution in [0.3, 0.4) is 0 Å². The summed E-state index contributed by atoms with van der Waals surface area (Å²) in [6.07, 6.45) is 13.2. The number of hydrogen-bond donors (Lipinski definition) is 3. The molecular weight excluding hydrogens is 426 g/mol. The van der Waals surface area contributed by atoms with E-state index in [1.54, 1.807) is 11.1 Å². The van der Waals surface area contributed by atoms with Crippen molar-refractivity contribution in [1.82, 2.24) is 0 Å². The molecule has 0 radical (unpaired) electrons. The quantitative estimate of drug-likeness (QED) is 0.299. The number of carboxylic acid groups (broad SMARTS) is 2. The molecule has 2 aliphatic carbocycles. The zero-order valence-electron chi connectivity index (χ0n) is 21.8. The van der Waals surface area contributed by atoms with Gasteiger partial charge in [-0.1, -0.05) is 65.2 Å². The lowest BCUT2D eigenvalue weighted by atomic mass is 9.49. The molecule has 190 valence electrons. The van der Waals surface area contributed by atoms with E-state index in [0.29, 0.717) is 34.9 Å². The van der Waals surface area contributed by atoms with Gasteiger partial charge in [-0.05, 0) is 84.8 Å². The van der Waals surface area contributed by atoms with Crippen molar-refractivity contribution in [1.29, 1.82) is 0 Å². The lowest BCUT2D eigenvalue weighted by Gasteiger charge is -2.56. The van der Waals surface area contributed by atoms with Gasteiger partial charge in [-0.15, -0.1) is 0 Å². The number of nitrogens with two attached hydrogens (primary N) is 1. The molecule has 0 aliphatic heterocycles. The molecular formula is C29H45NO4. The molecule has 2 aliphatic rings. The zero-order valence-corrected chi connectivity index (χ0v) is 21.8. The van der Waals surface area contributed by atoms with Crippen LogP contribution in [-0.4, -0.2) is 28.2 Å². The summed E-state index contributed by atoms with van der Waals surface area (Å²) in [4.78, 5) is 19.1. The van der Waals surface area contributed by atoms with Crippen molar-refractivity contribution >= 4 is 11.9 Å². The van der Waals surface area contributed by atoms with Crippen molar-refractivity contribution in [3.05, 3.63) is 47.0 Å². The summed E-state index contributed by atoms with van der Waals surface area (Å²) < 4.78 is 0. The predicted molar refractivity (Wildman–Crippen MR) is 138 cm³/mol. The maximum atomic E-state index is 9.55. The Balaban J connectivity index is 0.000000440. The summed E-state index contributed by atoms with van der Waals surface area (Å²) in [7, 11) is 0. The lowest BCUT2D eigenvalue weighted by molar-refractivity contribution is -0.134. The summed E-state index contributed by atoms with van der Waals surface area (Å²) in [6.45, 7) is 12.0. The average molecular weight is 472 g/mol. The molecule has 3 rings (SSSR count). The van der Waals surface area contributed by atoms with E-state index in [2.05, 4.69) is 52.8 Å². The van der Waals surface area contributed by atoms with E-state index < -0.39 is 11.9 Å². The Morgan fingerprint density at radius 3 is 2.29 bits per heavy atom. The van der Waals surface area contributed by atoms with Crippen LogP contribution in [0.15, 0.2) is 30.4 Å². The van der Waals surface area contributed by atoms with E-state index in [0.717, 1.165) is 5.92 Å². The molecule has 1 saturated carbocycles. The topological polar surface area (TPSA) is 101 Å². The molecule has 5 nitrogen and oxygen atoms in total. The molecule has 5 heteroatoms. The normalized spacial score (nSPS) is 26.9. The van der Waals surface area contributed by atoms with Crippen LogP contribution in [0.25, 0.3) is 0 Å². The Hall–Kier alpha value is -2.14. The molecule has 0 saturated heterocycles. The van der Waals surface area contributed by atoms with Crippen LogP contribution >= 0.6 is 0 Å². The molecule has 0 aromatic heterocycles. The van der Waals surface area contributed by atoms with Crippen LogP contribution < -0.4 is 5.73 Å². The molecule has 1 aromatic carbocycles. The van der Waals surface area contributed by atoms with Gasteiger partial charge in [-0.25, -0.2) is 9.59 Å². The second-order valence-electron chi connectivity index (χ2n) is 11.3. The van der Waals surface area contributed by atoms with Gasteiger partial charge in [0, 0.05) is 18.2 Å². The largest absolute Gasteiger partial charge is 0.478 e. The molecule has 1 aromatic rings. The number of carboxylic acids is 2. The van der Waals surface area contributed by atoms with Crippen LogP contribution in [-0.2, 0) is 21.4 Å². The minimum absolute atomic E-state index is 0.358. The minimum atomic E-state index is -1.26. The number of rotatable bonds is 8. The van der Waals surface area contributed by atoms with E-state index in [9.17, 15) is 9.59 Å². The van der Waals surface area contributed by atoms with Crippen LogP contribution in [0.1, 0.15) is 109 Å². The molecule has 34 heavy (non-hydrogen) atoms. The van der Waals surface area contributed by atoms with E-state index in [4.69, 9.17) is 15.9 Å². The van der Waals surface area contributed by atoms with Crippen LogP contribution in [0.2, 0.25) is 0 Å². The van der Waals surface area contributed by atoms with Crippen LogP contribution in [0.4, 0.5) is 0 Å². The first-order chi connectivity index (χ1) is 15.9. The highest BCUT2D eigenvalue weighted by Crippen LogP contribution is 2.58. The van der Waals surface area contributed by atoms with Crippen molar-refractivity contribution in [3.8, 4) is 0 Å². The summed E-state index contributed by atoms with van der Waals surface area (Å²) in [5, 5.41) is 15.6. The first-order valence-electron chi connectivity index (χ1n) is 12.9. The number of aryl methyl sites for hydroxylation is 1. The molecule has 4 atom stereocenters. The van der Waals surface area contributed by atoms with Crippen molar-refractivity contribution in [2.24, 2.45) is 17.1 Å². The maximum absolute atomic E-state index is 9.55. The molecule has 2 unspecified atom stereocenters. The highest BCUT2D eigenvalue weighted by molar-refractivity contribution is 5.89. The number of benzene rings is 1. The Morgan fingerprint density at radius 1 is 1.09 bits per heavy atom. The highest BCUT2D eigenvalue weighted by atomic mass is 16.4. The van der Waals surface area contributed by atoms with Crippen molar-refractivity contribution in [2.45, 2.75) is 110 Å². The Morgan fingerprint density at radius 2 is 1.74 bits per heavy atom. The Kier molecular flexibility index (Phi) is 9.93. The summed E-state index contributed by atoms with van der Waals surface area (Å²) in [6, 6.07) is 7.79. The fraction of sp³-hybridized carbons (Fsp3) is 0.655. The van der Waals surface area contributed by atoms with Crippen LogP contribution in [0, 0.1) is 11.3 Å². The van der Waals surface area contributed by atoms with E-state index in [-0.39, 0.29) is 0 Å². The van der Waals surface area contributed by atoms with Gasteiger partial charge in [-0.3, -0.25) is 0 Å². The smallest absolute Gasteiger partial charge is 0.328 e. The highest BCUT2D eigenvalue weighted by Gasteiger charge is 2.51. The van der Waals surface area contributed by atoms with Gasteiger partial charge in [0.15, 0.2) is 0 Å². The van der Waals surface area contributed by atoms with E-state index >= 15 is 0 Å². The molecule has 0 amide bonds. The first kappa shape index (κ1) is 28.1. The third-order valence-electron chi connectivity index (χ3n) is 8.19. The number of unbranched alkanes of at least 4 members (excludes halogenated alkanes) is 1. The summed E-state index contributed by atoms with van der Waals surface area (Å²) in [5.74, 6) is -1.04. The molecule has 1 fully saturated rings. The lowest BCUT2D eigenvalue weighted by Crippen LogP contribution is -2.49. The molecule has 0 bridgehead atoms. The van der Waals surface area contributed by atoms with Gasteiger partial charge in [0.05, 0.1) is 0 Å². The average Bonchev–Trinajstić information content (AvgIpc) is 2.75. The van der Waals surface area contributed by atoms with Gasteiger partial charge >= 0.3 is 11.9 Å². The van der Waals surface area contributed by atoms with Crippen LogP contribution in [0.5, 0.6) is 0 Å². The number of fused-ring (bicyclic) bond motifs is 3. The predicted octanol–water partition coefficient (Wildman–Crippen LogP) is 6.44. The summed E-state index contributed by atoms with van der Waals surface area (Å²) >= 11 is 0. The first-order valence-corrected chi connectivity index (χ1v) is 12.9.